The Bertz CT molecular complexity index is 1010. The number of hydrogen-bond acceptors (Lipinski definition) is 8. The zero-order valence-corrected chi connectivity index (χ0v) is 17.4. The average molecular weight is 435 g/mol. The fraction of sp³-hybridized carbons (Fsp3) is 0.619. The molecule has 8 nitrogen and oxygen atoms in total. The molecule has 1 aromatic carbocycles. The highest BCUT2D eigenvalue weighted by Gasteiger charge is 2.71. The molecule has 9 heteroatoms. The lowest BCUT2D eigenvalue weighted by molar-refractivity contribution is -0.174. The molecule has 6 rings (SSSR count). The van der Waals surface area contributed by atoms with Gasteiger partial charge in [0.25, 0.3) is 0 Å². The summed E-state index contributed by atoms with van der Waals surface area (Å²) < 4.78 is 40.4. The summed E-state index contributed by atoms with van der Waals surface area (Å²) in [4.78, 5) is 2.56. The normalized spacial score (nSPS) is 36.4. The molecular weight excluding hydrogens is 410 g/mol. The van der Waals surface area contributed by atoms with Crippen molar-refractivity contribution in [2.45, 2.75) is 61.7 Å². The highest BCUT2D eigenvalue weighted by atomic mass is 32.3. The maximum absolute atomic E-state index is 12.1. The van der Waals surface area contributed by atoms with Gasteiger partial charge in [-0.1, -0.05) is 12.6 Å². The molecule has 3 aliphatic carbocycles. The molecule has 0 aromatic heterocycles. The first-order valence-electron chi connectivity index (χ1n) is 10.4. The minimum absolute atomic E-state index is 0.157. The minimum Gasteiger partial charge on any atom is -0.759 e. The van der Waals surface area contributed by atoms with Crippen LogP contribution in [-0.2, 0) is 22.2 Å². The van der Waals surface area contributed by atoms with Crippen LogP contribution in [0, 0.1) is 5.92 Å². The van der Waals surface area contributed by atoms with Gasteiger partial charge >= 0.3 is 0 Å². The van der Waals surface area contributed by atoms with E-state index in [-0.39, 0.29) is 17.9 Å². The number of hydrogen-bond donors (Lipinski definition) is 2. The lowest BCUT2D eigenvalue weighted by Gasteiger charge is -2.63. The summed E-state index contributed by atoms with van der Waals surface area (Å²) in [6.07, 6.45) is 5.79. The van der Waals surface area contributed by atoms with Crippen LogP contribution < -0.4 is 4.74 Å². The summed E-state index contributed by atoms with van der Waals surface area (Å²) in [6.45, 7) is 6.40. The molecule has 1 saturated heterocycles. The number of likely N-dealkylation sites (tertiary alicyclic amines) is 1. The second-order valence-corrected chi connectivity index (χ2v) is 10.1. The van der Waals surface area contributed by atoms with Gasteiger partial charge in [0.15, 0.2) is 11.5 Å². The average Bonchev–Trinajstić information content (AvgIpc) is 3.38. The summed E-state index contributed by atoms with van der Waals surface area (Å²) in [6, 6.07) is 3.96. The number of nitrogens with zero attached hydrogens (tertiary/aromatic N) is 1. The first kappa shape index (κ1) is 20.3. The van der Waals surface area contributed by atoms with Gasteiger partial charge in [-0.2, -0.15) is 0 Å². The predicted octanol–water partition coefficient (Wildman–Crippen LogP) is 1.17. The molecule has 30 heavy (non-hydrogen) atoms. The summed E-state index contributed by atoms with van der Waals surface area (Å²) in [5.74, 6) is 1.64. The van der Waals surface area contributed by atoms with E-state index in [1.807, 2.05) is 6.07 Å². The van der Waals surface area contributed by atoms with E-state index in [9.17, 15) is 10.2 Å². The van der Waals surface area contributed by atoms with Crippen molar-refractivity contribution in [3.63, 3.8) is 0 Å². The molecule has 2 saturated carbocycles. The van der Waals surface area contributed by atoms with E-state index in [0.717, 1.165) is 55.8 Å². The Hall–Kier alpha value is -1.65. The summed E-state index contributed by atoms with van der Waals surface area (Å²) in [5, 5.41) is 22.5. The van der Waals surface area contributed by atoms with Crippen molar-refractivity contribution in [3.8, 4) is 11.5 Å². The summed E-state index contributed by atoms with van der Waals surface area (Å²) >= 11 is 0. The van der Waals surface area contributed by atoms with E-state index in [2.05, 4.69) is 11.5 Å². The van der Waals surface area contributed by atoms with Crippen molar-refractivity contribution in [1.29, 1.82) is 0 Å². The molecule has 2 bridgehead atoms. The zero-order valence-electron chi connectivity index (χ0n) is 16.5. The minimum atomic E-state index is -5.17. The number of phenols is 1. The molecule has 4 atom stereocenters. The lowest BCUT2D eigenvalue weighted by Crippen LogP contribution is -2.75. The molecule has 0 unspecified atom stereocenters. The van der Waals surface area contributed by atoms with E-state index in [1.165, 1.54) is 18.4 Å². The maximum atomic E-state index is 12.1. The largest absolute Gasteiger partial charge is 0.759 e. The number of piperidine rings is 1. The molecule has 164 valence electrons. The molecule has 1 aromatic rings. The van der Waals surface area contributed by atoms with Gasteiger partial charge in [0.1, 0.15) is 6.10 Å². The number of benzene rings is 1. The molecule has 0 amide bonds. The Morgan fingerprint density at radius 2 is 1.97 bits per heavy atom. The summed E-state index contributed by atoms with van der Waals surface area (Å²) in [7, 11) is -5.17. The van der Waals surface area contributed by atoms with Gasteiger partial charge in [-0.15, -0.1) is 0 Å². The number of ether oxygens (including phenoxy) is 1. The van der Waals surface area contributed by atoms with Crippen molar-refractivity contribution < 1.29 is 32.5 Å². The lowest BCUT2D eigenvalue weighted by atomic mass is 9.48. The molecule has 2 heterocycles. The molecule has 2 N–H and O–H groups in total. The molecule has 0 radical (unpaired) electrons. The topological polar surface area (TPSA) is 133 Å². The molecule has 1 spiro atoms. The van der Waals surface area contributed by atoms with Gasteiger partial charge in [0.05, 0.1) is 11.0 Å². The van der Waals surface area contributed by atoms with Gasteiger partial charge in [-0.05, 0) is 68.2 Å². The van der Waals surface area contributed by atoms with Crippen LogP contribution in [0.25, 0.3) is 0 Å². The zero-order chi connectivity index (χ0) is 21.5. The Kier molecular flexibility index (Phi) is 4.34. The maximum Gasteiger partial charge on any atom is 0.166 e. The highest BCUT2D eigenvalue weighted by Crippen LogP contribution is 2.66. The van der Waals surface area contributed by atoms with E-state index in [0.29, 0.717) is 5.75 Å². The number of phenolic OH excluding ortho intramolecular Hbond substituents is 1. The standard InChI is InChI=1S/C21H25NO3.H2O4S/c1-12-6-7-21(24)16-10-14-4-5-15(23)18-17(14)20(21,19(12)25-18)8-9-22(16)11-13-2-3-13;1-5(2,3)4/h4-5,13,16,19,23-24H,1-3,6-11H2;(H2,1,2,3,4)/p-2/t16-,19+,20+,21-;/m1./s1. The second kappa shape index (κ2) is 6.43. The first-order valence-corrected chi connectivity index (χ1v) is 11.7. The van der Waals surface area contributed by atoms with E-state index < -0.39 is 21.4 Å². The first-order chi connectivity index (χ1) is 14.0. The highest BCUT2D eigenvalue weighted by molar-refractivity contribution is 7.79. The van der Waals surface area contributed by atoms with Gasteiger partial charge < -0.3 is 24.1 Å². The second-order valence-electron chi connectivity index (χ2n) is 9.32. The van der Waals surface area contributed by atoms with Crippen molar-refractivity contribution in [3.05, 3.63) is 35.4 Å². The monoisotopic (exact) mass is 435 g/mol. The third-order valence-corrected chi connectivity index (χ3v) is 7.71. The number of aromatic hydroxyl groups is 1. The number of aliphatic hydroxyl groups is 1. The van der Waals surface area contributed by atoms with Crippen molar-refractivity contribution in [1.82, 2.24) is 4.90 Å². The fourth-order valence-electron chi connectivity index (χ4n) is 6.39. The third kappa shape index (κ3) is 2.83. The van der Waals surface area contributed by atoms with Crippen LogP contribution >= 0.6 is 0 Å². The van der Waals surface area contributed by atoms with Crippen LogP contribution in [0.5, 0.6) is 11.5 Å². The van der Waals surface area contributed by atoms with Crippen LogP contribution in [0.1, 0.15) is 43.2 Å². The van der Waals surface area contributed by atoms with Crippen molar-refractivity contribution in [2.75, 3.05) is 13.1 Å². The van der Waals surface area contributed by atoms with E-state index >= 15 is 0 Å². The van der Waals surface area contributed by atoms with Crippen LogP contribution in [0.15, 0.2) is 24.3 Å². The molecule has 5 aliphatic rings. The predicted molar refractivity (Wildman–Crippen MR) is 104 cm³/mol. The quantitative estimate of drug-likeness (QED) is 0.402. The summed E-state index contributed by atoms with van der Waals surface area (Å²) in [5.41, 5.74) is 2.21. The van der Waals surface area contributed by atoms with Crippen molar-refractivity contribution in [2.24, 2.45) is 5.92 Å². The van der Waals surface area contributed by atoms with Crippen LogP contribution in [0.2, 0.25) is 0 Å². The molecule has 2 aliphatic heterocycles. The van der Waals surface area contributed by atoms with Crippen LogP contribution in [0.3, 0.4) is 0 Å². The number of rotatable bonds is 2. The van der Waals surface area contributed by atoms with Gasteiger partial charge in [0, 0.05) is 28.5 Å². The third-order valence-electron chi connectivity index (χ3n) is 7.71. The Labute approximate surface area is 175 Å². The SMILES string of the molecule is C=C1CC[C@@]2(O)[C@H]3Cc4ccc(O)c5c4[C@@]2(CCN3CC2CC2)[C@H]1O5.O=S(=O)([O-])[O-]. The van der Waals surface area contributed by atoms with Crippen molar-refractivity contribution >= 4 is 10.4 Å². The van der Waals surface area contributed by atoms with Gasteiger partial charge in [0.2, 0.25) is 0 Å². The fourth-order valence-corrected chi connectivity index (χ4v) is 6.39. The molecular formula is C21H25NO7S-2. The molecule has 3 fully saturated rings. The Balaban J connectivity index is 0.000000349. The van der Waals surface area contributed by atoms with E-state index in [4.69, 9.17) is 22.3 Å². The Morgan fingerprint density at radius 1 is 1.27 bits per heavy atom. The van der Waals surface area contributed by atoms with Gasteiger partial charge in [-0.25, -0.2) is 0 Å². The Morgan fingerprint density at radius 3 is 2.63 bits per heavy atom. The van der Waals surface area contributed by atoms with Crippen LogP contribution in [-0.4, -0.2) is 63.5 Å². The smallest absolute Gasteiger partial charge is 0.166 e. The van der Waals surface area contributed by atoms with E-state index in [1.54, 1.807) is 6.07 Å². The van der Waals surface area contributed by atoms with Gasteiger partial charge in [-0.3, -0.25) is 13.3 Å². The van der Waals surface area contributed by atoms with Crippen LogP contribution in [0.4, 0.5) is 0 Å².